The Kier molecular flexibility index (Phi) is 6.66. The van der Waals surface area contributed by atoms with Crippen LogP contribution in [0.1, 0.15) is 23.7 Å². The van der Waals surface area contributed by atoms with Gasteiger partial charge in [-0.1, -0.05) is 34.1 Å². The molecule has 2 aromatic rings. The van der Waals surface area contributed by atoms with Gasteiger partial charge in [-0.3, -0.25) is 10.2 Å². The summed E-state index contributed by atoms with van der Waals surface area (Å²) in [5, 5.41) is 6.70. The molecule has 122 valence electrons. The zero-order valence-electron chi connectivity index (χ0n) is 12.4. The number of carbonyl (C=O) groups excluding carboxylic acids is 1. The molecule has 0 aliphatic carbocycles. The molecule has 0 amide bonds. The minimum atomic E-state index is -0.318. The molecule has 1 heterocycles. The molecule has 23 heavy (non-hydrogen) atoms. The second-order valence-electron chi connectivity index (χ2n) is 4.45. The molecule has 0 bridgehead atoms. The summed E-state index contributed by atoms with van der Waals surface area (Å²) >= 11 is 4.55. The lowest BCUT2D eigenvalue weighted by Gasteiger charge is -2.01. The number of nitrogens with one attached hydrogen (secondary N) is 1. The number of aromatic nitrogens is 1. The van der Waals surface area contributed by atoms with E-state index in [1.54, 1.807) is 30.5 Å². The van der Waals surface area contributed by atoms with Crippen molar-refractivity contribution in [1.82, 2.24) is 4.98 Å². The molecule has 1 N–H and O–H groups in total. The van der Waals surface area contributed by atoms with Gasteiger partial charge < -0.3 is 4.74 Å². The van der Waals surface area contributed by atoms with Crippen molar-refractivity contribution in [2.45, 2.75) is 18.7 Å². The number of esters is 1. The van der Waals surface area contributed by atoms with Crippen molar-refractivity contribution in [2.24, 2.45) is 5.10 Å². The van der Waals surface area contributed by atoms with Crippen LogP contribution >= 0.6 is 27.3 Å². The summed E-state index contributed by atoms with van der Waals surface area (Å²) in [6.07, 6.45) is 1.52. The van der Waals surface area contributed by atoms with Crippen molar-refractivity contribution in [3.63, 3.8) is 0 Å². The van der Waals surface area contributed by atoms with Crippen LogP contribution in [0.5, 0.6) is 0 Å². The number of alkyl halides is 1. The third kappa shape index (κ3) is 5.11. The van der Waals surface area contributed by atoms with Gasteiger partial charge in [-0.15, -0.1) is 11.3 Å². The fourth-order valence-electron chi connectivity index (χ4n) is 1.76. The molecule has 5 nitrogen and oxygen atoms in total. The summed E-state index contributed by atoms with van der Waals surface area (Å²) in [7, 11) is 0. The fraction of sp³-hybridized carbons (Fsp3) is 0.267. The highest BCUT2D eigenvalue weighted by Gasteiger charge is 2.08. The Bertz CT molecular complexity index is 706. The molecule has 0 saturated heterocycles. The van der Waals surface area contributed by atoms with E-state index in [2.05, 4.69) is 31.4 Å². The number of rotatable bonds is 7. The Hall–Kier alpha value is -1.80. The number of thiazole rings is 1. The number of ether oxygens (including phenoxy) is 1. The van der Waals surface area contributed by atoms with Crippen molar-refractivity contribution in [3.8, 4) is 0 Å². The Morgan fingerprint density at radius 3 is 3.13 bits per heavy atom. The number of hydrazone groups is 1. The van der Waals surface area contributed by atoms with E-state index in [0.29, 0.717) is 33.9 Å². The minimum Gasteiger partial charge on any atom is -0.466 e. The van der Waals surface area contributed by atoms with Crippen molar-refractivity contribution in [3.05, 3.63) is 46.2 Å². The molecule has 0 unspecified atom stereocenters. The molecule has 1 aromatic carbocycles. The van der Waals surface area contributed by atoms with Crippen LogP contribution in [0.2, 0.25) is 0 Å². The van der Waals surface area contributed by atoms with Gasteiger partial charge >= 0.3 is 5.97 Å². The average Bonchev–Trinajstić information content (AvgIpc) is 2.96. The van der Waals surface area contributed by atoms with E-state index in [0.717, 1.165) is 0 Å². The van der Waals surface area contributed by atoms with E-state index in [9.17, 15) is 9.18 Å². The van der Waals surface area contributed by atoms with Crippen LogP contribution in [-0.2, 0) is 21.3 Å². The summed E-state index contributed by atoms with van der Waals surface area (Å²) in [4.78, 5) is 15.6. The number of hydrogen-bond acceptors (Lipinski definition) is 6. The molecule has 0 saturated carbocycles. The van der Waals surface area contributed by atoms with Crippen LogP contribution in [0.15, 0.2) is 28.7 Å². The average molecular weight is 400 g/mol. The van der Waals surface area contributed by atoms with Crippen LogP contribution in [0.25, 0.3) is 0 Å². The Labute approximate surface area is 145 Å². The zero-order valence-corrected chi connectivity index (χ0v) is 14.8. The van der Waals surface area contributed by atoms with E-state index < -0.39 is 0 Å². The Morgan fingerprint density at radius 2 is 2.39 bits per heavy atom. The fourth-order valence-corrected chi connectivity index (χ4v) is 2.85. The Morgan fingerprint density at radius 1 is 1.57 bits per heavy atom. The summed E-state index contributed by atoms with van der Waals surface area (Å²) in [5.41, 5.74) is 4.30. The molecular formula is C15H15BrFN3O2S. The summed E-state index contributed by atoms with van der Waals surface area (Å²) < 4.78 is 18.9. The van der Waals surface area contributed by atoms with Gasteiger partial charge in [0.15, 0.2) is 0 Å². The number of halogens is 2. The van der Waals surface area contributed by atoms with Gasteiger partial charge in [0.1, 0.15) is 5.82 Å². The molecule has 0 aliphatic rings. The highest BCUT2D eigenvalue weighted by atomic mass is 79.9. The predicted octanol–water partition coefficient (Wildman–Crippen LogP) is 3.73. The van der Waals surface area contributed by atoms with Crippen molar-refractivity contribution in [2.75, 3.05) is 12.0 Å². The van der Waals surface area contributed by atoms with E-state index in [4.69, 9.17) is 4.74 Å². The number of hydrogen-bond donors (Lipinski definition) is 1. The lowest BCUT2D eigenvalue weighted by Crippen LogP contribution is -2.07. The molecule has 8 heteroatoms. The van der Waals surface area contributed by atoms with Crippen LogP contribution in [-0.4, -0.2) is 23.8 Å². The van der Waals surface area contributed by atoms with Gasteiger partial charge in [-0.2, -0.15) is 5.10 Å². The quantitative estimate of drug-likeness (QED) is 0.333. The number of nitrogens with zero attached hydrogens (tertiary/aromatic N) is 2. The number of carbonyl (C=O) groups is 1. The molecule has 0 spiro atoms. The lowest BCUT2D eigenvalue weighted by molar-refractivity contribution is -0.142. The molecule has 1 aromatic heterocycles. The van der Waals surface area contributed by atoms with Crippen molar-refractivity contribution in [1.29, 1.82) is 0 Å². The van der Waals surface area contributed by atoms with E-state index >= 15 is 0 Å². The smallest absolute Gasteiger partial charge is 0.311 e. The molecule has 0 atom stereocenters. The second-order valence-corrected chi connectivity index (χ2v) is 5.87. The predicted molar refractivity (Wildman–Crippen MR) is 92.7 cm³/mol. The molecule has 2 rings (SSSR count). The van der Waals surface area contributed by atoms with Crippen LogP contribution < -0.4 is 5.43 Å². The van der Waals surface area contributed by atoms with E-state index in [1.807, 2.05) is 0 Å². The van der Waals surface area contributed by atoms with Gasteiger partial charge in [0.25, 0.3) is 0 Å². The third-order valence-electron chi connectivity index (χ3n) is 2.80. The van der Waals surface area contributed by atoms with Gasteiger partial charge in [-0.25, -0.2) is 9.37 Å². The van der Waals surface area contributed by atoms with Crippen LogP contribution in [0, 0.1) is 5.82 Å². The number of benzene rings is 1. The van der Waals surface area contributed by atoms with Crippen LogP contribution in [0.3, 0.4) is 0 Å². The van der Waals surface area contributed by atoms with Gasteiger partial charge in [0.05, 0.1) is 24.9 Å². The third-order valence-corrected chi connectivity index (χ3v) is 4.20. The maximum Gasteiger partial charge on any atom is 0.311 e. The zero-order chi connectivity index (χ0) is 16.7. The van der Waals surface area contributed by atoms with Crippen LogP contribution in [0.4, 0.5) is 9.52 Å². The van der Waals surface area contributed by atoms with E-state index in [-0.39, 0.29) is 18.2 Å². The highest BCUT2D eigenvalue weighted by molar-refractivity contribution is 9.08. The maximum atomic E-state index is 14.0. The Balaban J connectivity index is 1.96. The first-order valence-electron chi connectivity index (χ1n) is 6.86. The standard InChI is InChI=1S/C15H15BrFN3O2S/c1-2-22-13(21)6-12-9-23-15(19-12)20-18-8-11-5-3-4-10(7-16)14(11)17/h3-5,8-9H,2,6-7H2,1H3,(H,19,20). The minimum absolute atomic E-state index is 0.123. The van der Waals surface area contributed by atoms with Gasteiger partial charge in [-0.05, 0) is 12.5 Å². The SMILES string of the molecule is CCOC(=O)Cc1csc(NN=Cc2cccc(CBr)c2F)n1. The topological polar surface area (TPSA) is 63.6 Å². The first kappa shape index (κ1) is 17.6. The highest BCUT2D eigenvalue weighted by Crippen LogP contribution is 2.17. The van der Waals surface area contributed by atoms with Crippen molar-refractivity contribution < 1.29 is 13.9 Å². The normalized spacial score (nSPS) is 10.9. The molecule has 0 fully saturated rings. The van der Waals surface area contributed by atoms with Gasteiger partial charge in [0.2, 0.25) is 5.13 Å². The molecular weight excluding hydrogens is 385 g/mol. The largest absolute Gasteiger partial charge is 0.466 e. The maximum absolute atomic E-state index is 14.0. The van der Waals surface area contributed by atoms with Gasteiger partial charge in [0, 0.05) is 16.3 Å². The lowest BCUT2D eigenvalue weighted by atomic mass is 10.1. The monoisotopic (exact) mass is 399 g/mol. The first-order chi connectivity index (χ1) is 11.1. The van der Waals surface area contributed by atoms with E-state index in [1.165, 1.54) is 17.6 Å². The molecule has 0 radical (unpaired) electrons. The first-order valence-corrected chi connectivity index (χ1v) is 8.86. The summed E-state index contributed by atoms with van der Waals surface area (Å²) in [6.45, 7) is 2.10. The molecule has 0 aliphatic heterocycles. The number of anilines is 1. The summed E-state index contributed by atoms with van der Waals surface area (Å²) in [6, 6.07) is 5.11. The van der Waals surface area contributed by atoms with Crippen molar-refractivity contribution >= 4 is 44.6 Å². The summed E-state index contributed by atoms with van der Waals surface area (Å²) in [5.74, 6) is -0.626. The second kappa shape index (κ2) is 8.73.